The van der Waals surface area contributed by atoms with Gasteiger partial charge in [0.05, 0.1) is 10.9 Å². The molecule has 3 rings (SSSR count). The molecule has 2 heterocycles. The summed E-state index contributed by atoms with van der Waals surface area (Å²) in [6, 6.07) is 4.11. The van der Waals surface area contributed by atoms with Gasteiger partial charge >= 0.3 is 0 Å². The Labute approximate surface area is 151 Å². The van der Waals surface area contributed by atoms with Crippen molar-refractivity contribution in [3.05, 3.63) is 17.8 Å². The molecule has 0 bridgehead atoms. The number of piperidine rings is 1. The van der Waals surface area contributed by atoms with E-state index < -0.39 is 10.0 Å². The minimum Gasteiger partial charge on any atom is -0.355 e. The van der Waals surface area contributed by atoms with Crippen molar-refractivity contribution in [2.45, 2.75) is 57.1 Å². The molecule has 1 saturated heterocycles. The number of nitrogens with zero attached hydrogens (tertiary/aromatic N) is 4. The second kappa shape index (κ2) is 6.83. The van der Waals surface area contributed by atoms with Gasteiger partial charge in [0, 0.05) is 32.1 Å². The van der Waals surface area contributed by atoms with Crippen molar-refractivity contribution < 1.29 is 8.42 Å². The predicted molar refractivity (Wildman–Crippen MR) is 100 cm³/mol. The van der Waals surface area contributed by atoms with E-state index in [1.54, 1.807) is 11.4 Å². The normalized spacial score (nSPS) is 20.3. The standard InChI is InChI=1S/C18H30N4O2S/c1-18(2,3)16-7-8-17(20-19-16)22-11-9-14(10-12-22)13-21(4)25(23,24)15-5-6-15/h7-8,14-15H,5-6,9-13H2,1-4H3. The molecule has 0 spiro atoms. The van der Waals surface area contributed by atoms with Crippen LogP contribution in [0.3, 0.4) is 0 Å². The Bertz CT molecular complexity index is 685. The largest absolute Gasteiger partial charge is 0.355 e. The maximum Gasteiger partial charge on any atom is 0.216 e. The first kappa shape index (κ1) is 18.6. The van der Waals surface area contributed by atoms with E-state index in [9.17, 15) is 8.42 Å². The molecule has 2 aliphatic rings. The van der Waals surface area contributed by atoms with Crippen LogP contribution in [-0.2, 0) is 15.4 Å². The van der Waals surface area contributed by atoms with Crippen molar-refractivity contribution in [2.24, 2.45) is 5.92 Å². The van der Waals surface area contributed by atoms with Crippen LogP contribution < -0.4 is 4.90 Å². The molecular weight excluding hydrogens is 336 g/mol. The molecule has 2 fully saturated rings. The van der Waals surface area contributed by atoms with Crippen molar-refractivity contribution in [1.82, 2.24) is 14.5 Å². The van der Waals surface area contributed by atoms with E-state index in [1.807, 2.05) is 0 Å². The Morgan fingerprint density at radius 2 is 1.76 bits per heavy atom. The molecule has 0 N–H and O–H groups in total. The fraction of sp³-hybridized carbons (Fsp3) is 0.778. The maximum atomic E-state index is 12.3. The molecule has 1 saturated carbocycles. The van der Waals surface area contributed by atoms with Crippen LogP contribution in [0.15, 0.2) is 12.1 Å². The summed E-state index contributed by atoms with van der Waals surface area (Å²) in [7, 11) is -1.32. The molecule has 6 nitrogen and oxygen atoms in total. The Balaban J connectivity index is 1.53. The first-order valence-corrected chi connectivity index (χ1v) is 10.7. The molecule has 1 aromatic heterocycles. The van der Waals surface area contributed by atoms with Crippen LogP contribution in [-0.4, -0.2) is 54.9 Å². The third-order valence-corrected chi connectivity index (χ3v) is 7.58. The van der Waals surface area contributed by atoms with Crippen LogP contribution in [0.1, 0.15) is 52.1 Å². The Kier molecular flexibility index (Phi) is 5.08. The zero-order valence-electron chi connectivity index (χ0n) is 15.8. The van der Waals surface area contributed by atoms with E-state index in [4.69, 9.17) is 0 Å². The lowest BCUT2D eigenvalue weighted by atomic mass is 9.92. The van der Waals surface area contributed by atoms with Gasteiger partial charge < -0.3 is 4.90 Å². The minimum absolute atomic E-state index is 0.0101. The third kappa shape index (κ3) is 4.31. The highest BCUT2D eigenvalue weighted by Gasteiger charge is 2.39. The van der Waals surface area contributed by atoms with E-state index in [-0.39, 0.29) is 10.7 Å². The number of hydrogen-bond donors (Lipinski definition) is 0. The van der Waals surface area contributed by atoms with Gasteiger partial charge in [-0.1, -0.05) is 20.8 Å². The molecule has 0 aromatic carbocycles. The predicted octanol–water partition coefficient (Wildman–Crippen LogP) is 2.41. The number of rotatable bonds is 5. The summed E-state index contributed by atoms with van der Waals surface area (Å²) in [5, 5.41) is 8.65. The molecule has 0 unspecified atom stereocenters. The van der Waals surface area contributed by atoms with E-state index >= 15 is 0 Å². The monoisotopic (exact) mass is 366 g/mol. The van der Waals surface area contributed by atoms with Gasteiger partial charge in [0.2, 0.25) is 10.0 Å². The summed E-state index contributed by atoms with van der Waals surface area (Å²) in [5.41, 5.74) is 1.01. The molecule has 7 heteroatoms. The summed E-state index contributed by atoms with van der Waals surface area (Å²) in [5.74, 6) is 1.35. The highest BCUT2D eigenvalue weighted by molar-refractivity contribution is 7.90. The summed E-state index contributed by atoms with van der Waals surface area (Å²) in [4.78, 5) is 2.26. The lowest BCUT2D eigenvalue weighted by Crippen LogP contribution is -2.40. The van der Waals surface area contributed by atoms with E-state index in [0.29, 0.717) is 12.5 Å². The zero-order valence-corrected chi connectivity index (χ0v) is 16.6. The molecule has 1 aromatic rings. The van der Waals surface area contributed by atoms with E-state index in [0.717, 1.165) is 50.3 Å². The Morgan fingerprint density at radius 3 is 2.24 bits per heavy atom. The van der Waals surface area contributed by atoms with Gasteiger partial charge in [-0.25, -0.2) is 12.7 Å². The zero-order chi connectivity index (χ0) is 18.2. The van der Waals surface area contributed by atoms with Gasteiger partial charge in [-0.2, -0.15) is 5.10 Å². The molecular formula is C18H30N4O2S. The SMILES string of the molecule is CN(CC1CCN(c2ccc(C(C)(C)C)nn2)CC1)S(=O)(=O)C1CC1. The van der Waals surface area contributed by atoms with Gasteiger partial charge in [0.25, 0.3) is 0 Å². The maximum absolute atomic E-state index is 12.3. The molecule has 0 atom stereocenters. The van der Waals surface area contributed by atoms with Gasteiger partial charge in [-0.05, 0) is 43.7 Å². The lowest BCUT2D eigenvalue weighted by molar-refractivity contribution is 0.327. The van der Waals surface area contributed by atoms with Crippen LogP contribution in [0.4, 0.5) is 5.82 Å². The fourth-order valence-corrected chi connectivity index (χ4v) is 4.99. The number of aromatic nitrogens is 2. The first-order chi connectivity index (χ1) is 11.7. The van der Waals surface area contributed by atoms with Crippen molar-refractivity contribution in [3.63, 3.8) is 0 Å². The smallest absolute Gasteiger partial charge is 0.216 e. The summed E-state index contributed by atoms with van der Waals surface area (Å²) >= 11 is 0. The summed E-state index contributed by atoms with van der Waals surface area (Å²) in [6.45, 7) is 8.86. The third-order valence-electron chi connectivity index (χ3n) is 5.25. The van der Waals surface area contributed by atoms with Gasteiger partial charge in [0.1, 0.15) is 0 Å². The number of hydrogen-bond acceptors (Lipinski definition) is 5. The molecule has 1 aliphatic carbocycles. The molecule has 0 radical (unpaired) electrons. The van der Waals surface area contributed by atoms with Crippen LogP contribution in [0.2, 0.25) is 0 Å². The van der Waals surface area contributed by atoms with Crippen molar-refractivity contribution in [1.29, 1.82) is 0 Å². The molecule has 0 amide bonds. The van der Waals surface area contributed by atoms with E-state index in [2.05, 4.69) is 48.0 Å². The number of sulfonamides is 1. The van der Waals surface area contributed by atoms with Crippen LogP contribution in [0.25, 0.3) is 0 Å². The average molecular weight is 367 g/mol. The second-order valence-electron chi connectivity index (χ2n) is 8.48. The molecule has 1 aliphatic heterocycles. The van der Waals surface area contributed by atoms with Gasteiger partial charge in [0.15, 0.2) is 5.82 Å². The van der Waals surface area contributed by atoms with Gasteiger partial charge in [-0.3, -0.25) is 0 Å². The highest BCUT2D eigenvalue weighted by Crippen LogP contribution is 2.31. The highest BCUT2D eigenvalue weighted by atomic mass is 32.2. The first-order valence-electron chi connectivity index (χ1n) is 9.22. The molecule has 140 valence electrons. The topological polar surface area (TPSA) is 66.4 Å². The average Bonchev–Trinajstić information content (AvgIpc) is 3.40. The van der Waals surface area contributed by atoms with Gasteiger partial charge in [-0.15, -0.1) is 5.10 Å². The van der Waals surface area contributed by atoms with Crippen LogP contribution in [0, 0.1) is 5.92 Å². The van der Waals surface area contributed by atoms with Crippen LogP contribution in [0.5, 0.6) is 0 Å². The molecule has 25 heavy (non-hydrogen) atoms. The number of anilines is 1. The second-order valence-corrected chi connectivity index (χ2v) is 10.8. The quantitative estimate of drug-likeness (QED) is 0.801. The Morgan fingerprint density at radius 1 is 1.12 bits per heavy atom. The van der Waals surface area contributed by atoms with Crippen molar-refractivity contribution >= 4 is 15.8 Å². The fourth-order valence-electron chi connectivity index (χ4n) is 3.33. The lowest BCUT2D eigenvalue weighted by Gasteiger charge is -2.34. The van der Waals surface area contributed by atoms with Crippen molar-refractivity contribution in [3.8, 4) is 0 Å². The summed E-state index contributed by atoms with van der Waals surface area (Å²) < 4.78 is 26.1. The minimum atomic E-state index is -3.05. The van der Waals surface area contributed by atoms with Crippen LogP contribution >= 0.6 is 0 Å². The van der Waals surface area contributed by atoms with Crippen molar-refractivity contribution in [2.75, 3.05) is 31.6 Å². The van der Waals surface area contributed by atoms with E-state index in [1.165, 1.54) is 0 Å². The Hall–Kier alpha value is -1.21. The summed E-state index contributed by atoms with van der Waals surface area (Å²) in [6.07, 6.45) is 3.64.